The first-order valence-electron chi connectivity index (χ1n) is 6.61. The van der Waals surface area contributed by atoms with E-state index in [1.807, 2.05) is 0 Å². The van der Waals surface area contributed by atoms with Crippen molar-refractivity contribution in [2.24, 2.45) is 10.8 Å². The molecule has 17 heavy (non-hydrogen) atoms. The quantitative estimate of drug-likeness (QED) is 0.866. The molecule has 1 aliphatic rings. The Balaban J connectivity index is 2.15. The molecule has 0 saturated heterocycles. The molecule has 0 bridgehead atoms. The molecule has 96 valence electrons. The summed E-state index contributed by atoms with van der Waals surface area (Å²) in [7, 11) is 0. The van der Waals surface area contributed by atoms with E-state index in [0.29, 0.717) is 16.9 Å². The lowest BCUT2D eigenvalue weighted by Gasteiger charge is -2.10. The second-order valence-corrected chi connectivity index (χ2v) is 6.42. The van der Waals surface area contributed by atoms with E-state index in [4.69, 9.17) is 0 Å². The summed E-state index contributed by atoms with van der Waals surface area (Å²) < 4.78 is 2.24. The lowest BCUT2D eigenvalue weighted by atomic mass is 10.0. The number of hydrogen-bond donors (Lipinski definition) is 1. The van der Waals surface area contributed by atoms with Gasteiger partial charge in [-0.3, -0.25) is 0 Å². The van der Waals surface area contributed by atoms with Crippen LogP contribution in [0, 0.1) is 17.8 Å². The van der Waals surface area contributed by atoms with Gasteiger partial charge >= 0.3 is 0 Å². The first-order valence-corrected chi connectivity index (χ1v) is 6.61. The zero-order valence-corrected chi connectivity index (χ0v) is 12.0. The molecule has 1 N–H and O–H groups in total. The highest BCUT2D eigenvalue weighted by molar-refractivity contribution is 5.38. The molecule has 3 nitrogen and oxygen atoms in total. The molecule has 1 aromatic rings. The minimum Gasteiger partial charge on any atom is -0.352 e. The molecule has 0 aliphatic heterocycles. The maximum atomic E-state index is 4.59. The number of aromatic nitrogens is 2. The van der Waals surface area contributed by atoms with Gasteiger partial charge in [0.2, 0.25) is 5.95 Å². The molecule has 3 heteroatoms. The van der Waals surface area contributed by atoms with Crippen LogP contribution in [-0.2, 0) is 6.54 Å². The zero-order chi connectivity index (χ0) is 12.8. The van der Waals surface area contributed by atoms with Crippen molar-refractivity contribution in [3.8, 4) is 0 Å². The van der Waals surface area contributed by atoms with Crippen LogP contribution in [0.15, 0.2) is 6.20 Å². The van der Waals surface area contributed by atoms with E-state index in [-0.39, 0.29) is 0 Å². The van der Waals surface area contributed by atoms with Gasteiger partial charge in [-0.15, -0.1) is 0 Å². The smallest absolute Gasteiger partial charge is 0.203 e. The summed E-state index contributed by atoms with van der Waals surface area (Å²) in [5, 5.41) is 3.62. The molecule has 0 aromatic carbocycles. The van der Waals surface area contributed by atoms with Crippen LogP contribution in [0.1, 0.15) is 46.7 Å². The molecule has 0 atom stereocenters. The Labute approximate surface area is 105 Å². The summed E-state index contributed by atoms with van der Waals surface area (Å²) in [6, 6.07) is 0.521. The topological polar surface area (TPSA) is 29.9 Å². The van der Waals surface area contributed by atoms with Gasteiger partial charge in [0.15, 0.2) is 0 Å². The van der Waals surface area contributed by atoms with Crippen LogP contribution in [-0.4, -0.2) is 15.6 Å². The van der Waals surface area contributed by atoms with Crippen molar-refractivity contribution in [2.75, 3.05) is 5.32 Å². The molecule has 0 unspecified atom stereocenters. The Bertz CT molecular complexity index is 401. The van der Waals surface area contributed by atoms with E-state index in [2.05, 4.69) is 62.6 Å². The molecular weight excluding hydrogens is 210 g/mol. The average molecular weight is 235 g/mol. The van der Waals surface area contributed by atoms with Gasteiger partial charge < -0.3 is 9.88 Å². The minimum atomic E-state index is 0.351. The first-order chi connectivity index (χ1) is 7.80. The van der Waals surface area contributed by atoms with Gasteiger partial charge in [-0.05, 0) is 24.2 Å². The second-order valence-electron chi connectivity index (χ2n) is 6.42. The minimum absolute atomic E-state index is 0.351. The van der Waals surface area contributed by atoms with Crippen molar-refractivity contribution < 1.29 is 0 Å². The third-order valence-electron chi connectivity index (χ3n) is 4.66. The highest BCUT2D eigenvalue weighted by Gasteiger charge is 2.65. The number of nitrogens with one attached hydrogen (secondary N) is 1. The second kappa shape index (κ2) is 3.76. The number of imidazole rings is 1. The SMILES string of the molecule is CCCn1cc(C)nc1NC1C(C)(C)C1(C)C. The summed E-state index contributed by atoms with van der Waals surface area (Å²) in [6.45, 7) is 14.6. The van der Waals surface area contributed by atoms with E-state index in [1.165, 1.54) is 0 Å². The van der Waals surface area contributed by atoms with E-state index in [1.54, 1.807) is 0 Å². The van der Waals surface area contributed by atoms with Gasteiger partial charge in [-0.1, -0.05) is 34.6 Å². The molecule has 1 aliphatic carbocycles. The van der Waals surface area contributed by atoms with Gasteiger partial charge in [-0.25, -0.2) is 4.98 Å². The van der Waals surface area contributed by atoms with E-state index in [9.17, 15) is 0 Å². The fourth-order valence-electron chi connectivity index (χ4n) is 2.76. The highest BCUT2D eigenvalue weighted by Crippen LogP contribution is 2.63. The number of anilines is 1. The van der Waals surface area contributed by atoms with Crippen molar-refractivity contribution in [1.82, 2.24) is 9.55 Å². The Hall–Kier alpha value is -0.990. The van der Waals surface area contributed by atoms with Crippen molar-refractivity contribution in [2.45, 2.75) is 60.5 Å². The summed E-state index contributed by atoms with van der Waals surface area (Å²) in [4.78, 5) is 4.59. The largest absolute Gasteiger partial charge is 0.352 e. The molecule has 1 heterocycles. The highest BCUT2D eigenvalue weighted by atomic mass is 15.2. The number of aryl methyl sites for hydroxylation is 2. The van der Waals surface area contributed by atoms with Crippen molar-refractivity contribution >= 4 is 5.95 Å². The summed E-state index contributed by atoms with van der Waals surface area (Å²) in [6.07, 6.45) is 3.27. The van der Waals surface area contributed by atoms with Crippen molar-refractivity contribution in [3.05, 3.63) is 11.9 Å². The molecule has 1 saturated carbocycles. The molecule has 0 spiro atoms. The third-order valence-corrected chi connectivity index (χ3v) is 4.66. The van der Waals surface area contributed by atoms with Crippen molar-refractivity contribution in [3.63, 3.8) is 0 Å². The van der Waals surface area contributed by atoms with Gasteiger partial charge in [0.25, 0.3) is 0 Å². The van der Waals surface area contributed by atoms with E-state index >= 15 is 0 Å². The maximum Gasteiger partial charge on any atom is 0.203 e. The van der Waals surface area contributed by atoms with Crippen LogP contribution in [0.25, 0.3) is 0 Å². The Morgan fingerprint density at radius 3 is 2.35 bits per heavy atom. The van der Waals surface area contributed by atoms with Crippen molar-refractivity contribution in [1.29, 1.82) is 0 Å². The van der Waals surface area contributed by atoms with Gasteiger partial charge in [0.05, 0.1) is 5.69 Å². The predicted molar refractivity (Wildman–Crippen MR) is 72.2 cm³/mol. The predicted octanol–water partition coefficient (Wildman–Crippen LogP) is 3.45. The normalized spacial score (nSPS) is 21.5. The van der Waals surface area contributed by atoms with Crippen LogP contribution in [0.5, 0.6) is 0 Å². The lowest BCUT2D eigenvalue weighted by molar-refractivity contribution is 0.457. The summed E-state index contributed by atoms with van der Waals surface area (Å²) >= 11 is 0. The standard InChI is InChI=1S/C14H25N3/c1-7-8-17-9-10(2)15-12(17)16-11-13(3,4)14(11,5)6/h9,11H,7-8H2,1-6H3,(H,15,16). The number of rotatable bonds is 4. The molecule has 1 fully saturated rings. The average Bonchev–Trinajstić information content (AvgIpc) is 2.53. The lowest BCUT2D eigenvalue weighted by Crippen LogP contribution is -2.14. The maximum absolute atomic E-state index is 4.59. The molecule has 0 radical (unpaired) electrons. The molecule has 1 aromatic heterocycles. The first kappa shape index (κ1) is 12.5. The monoisotopic (exact) mass is 235 g/mol. The van der Waals surface area contributed by atoms with E-state index in [0.717, 1.165) is 24.6 Å². The molecule has 0 amide bonds. The Kier molecular flexibility index (Phi) is 2.75. The summed E-state index contributed by atoms with van der Waals surface area (Å²) in [5.74, 6) is 1.04. The molecule has 2 rings (SSSR count). The third kappa shape index (κ3) is 1.85. The van der Waals surface area contributed by atoms with Crippen LogP contribution in [0.2, 0.25) is 0 Å². The van der Waals surface area contributed by atoms with Gasteiger partial charge in [-0.2, -0.15) is 0 Å². The van der Waals surface area contributed by atoms with Gasteiger partial charge in [0.1, 0.15) is 0 Å². The zero-order valence-electron chi connectivity index (χ0n) is 12.0. The Morgan fingerprint density at radius 2 is 1.88 bits per heavy atom. The van der Waals surface area contributed by atoms with E-state index < -0.39 is 0 Å². The Morgan fingerprint density at radius 1 is 1.29 bits per heavy atom. The fourth-order valence-corrected chi connectivity index (χ4v) is 2.76. The fraction of sp³-hybridized carbons (Fsp3) is 0.786. The summed E-state index contributed by atoms with van der Waals surface area (Å²) in [5.41, 5.74) is 1.80. The van der Waals surface area contributed by atoms with Crippen LogP contribution in [0.4, 0.5) is 5.95 Å². The van der Waals surface area contributed by atoms with Gasteiger partial charge in [0, 0.05) is 18.8 Å². The molecular formula is C14H25N3. The number of hydrogen-bond acceptors (Lipinski definition) is 2. The van der Waals surface area contributed by atoms with Crippen LogP contribution in [0.3, 0.4) is 0 Å². The van der Waals surface area contributed by atoms with Crippen LogP contribution < -0.4 is 5.32 Å². The van der Waals surface area contributed by atoms with Crippen LogP contribution >= 0.6 is 0 Å². The number of nitrogens with zero attached hydrogens (tertiary/aromatic N) is 2.